The monoisotopic (exact) mass is 366 g/mol. The minimum absolute atomic E-state index is 0.107. The van der Waals surface area contributed by atoms with Gasteiger partial charge in [0.1, 0.15) is 24.7 Å². The van der Waals surface area contributed by atoms with Crippen molar-refractivity contribution in [3.8, 4) is 11.5 Å². The van der Waals surface area contributed by atoms with Crippen molar-refractivity contribution in [2.45, 2.75) is 13.2 Å². The molecular formula is C22H19ClO3. The van der Waals surface area contributed by atoms with Crippen molar-refractivity contribution in [1.82, 2.24) is 0 Å². The fourth-order valence-electron chi connectivity index (χ4n) is 2.49. The molecule has 4 heteroatoms. The summed E-state index contributed by atoms with van der Waals surface area (Å²) in [7, 11) is 0. The zero-order chi connectivity index (χ0) is 18.2. The van der Waals surface area contributed by atoms with Gasteiger partial charge in [-0.05, 0) is 29.3 Å². The first kappa shape index (κ1) is 18.0. The van der Waals surface area contributed by atoms with Crippen molar-refractivity contribution in [3.63, 3.8) is 0 Å². The van der Waals surface area contributed by atoms with Crippen molar-refractivity contribution in [2.24, 2.45) is 0 Å². The summed E-state index contributed by atoms with van der Waals surface area (Å²) in [5, 5.41) is 0. The van der Waals surface area contributed by atoms with E-state index in [9.17, 15) is 4.79 Å². The van der Waals surface area contributed by atoms with Crippen LogP contribution in [0.2, 0.25) is 0 Å². The number of hydrogen-bond donors (Lipinski definition) is 0. The van der Waals surface area contributed by atoms with Gasteiger partial charge in [-0.2, -0.15) is 0 Å². The Balaban J connectivity index is 1.73. The molecule has 0 spiro atoms. The number of carbonyl (C=O) groups excluding carboxylic acids is 1. The Bertz CT molecular complexity index is 848. The van der Waals surface area contributed by atoms with Crippen LogP contribution in [0.15, 0.2) is 78.9 Å². The average molecular weight is 367 g/mol. The van der Waals surface area contributed by atoms with Crippen LogP contribution < -0.4 is 9.47 Å². The zero-order valence-corrected chi connectivity index (χ0v) is 15.0. The Morgan fingerprint density at radius 2 is 1.35 bits per heavy atom. The third-order valence-electron chi connectivity index (χ3n) is 3.86. The standard InChI is InChI=1S/C22H19ClO3/c23-14-21(24)20-13-19(25-15-17-7-3-1-4-8-17)11-12-22(20)26-16-18-9-5-2-6-10-18/h1-13H,14-16H2. The lowest BCUT2D eigenvalue weighted by atomic mass is 10.1. The number of hydrogen-bond acceptors (Lipinski definition) is 3. The minimum Gasteiger partial charge on any atom is -0.489 e. The van der Waals surface area contributed by atoms with Crippen LogP contribution in [0.1, 0.15) is 21.5 Å². The van der Waals surface area contributed by atoms with E-state index in [1.807, 2.05) is 60.7 Å². The first-order valence-electron chi connectivity index (χ1n) is 8.33. The summed E-state index contributed by atoms with van der Waals surface area (Å²) >= 11 is 5.76. The van der Waals surface area contributed by atoms with Gasteiger partial charge in [-0.3, -0.25) is 4.79 Å². The quantitative estimate of drug-likeness (QED) is 0.402. The lowest BCUT2D eigenvalue weighted by Gasteiger charge is -2.13. The van der Waals surface area contributed by atoms with Gasteiger partial charge >= 0.3 is 0 Å². The molecule has 132 valence electrons. The summed E-state index contributed by atoms with van der Waals surface area (Å²) in [6.45, 7) is 0.813. The van der Waals surface area contributed by atoms with Crippen molar-refractivity contribution in [1.29, 1.82) is 0 Å². The van der Waals surface area contributed by atoms with E-state index in [4.69, 9.17) is 21.1 Å². The molecule has 0 amide bonds. The SMILES string of the molecule is O=C(CCl)c1cc(OCc2ccccc2)ccc1OCc1ccccc1. The van der Waals surface area contributed by atoms with E-state index in [1.165, 1.54) is 0 Å². The summed E-state index contributed by atoms with van der Waals surface area (Å²) < 4.78 is 11.6. The molecule has 26 heavy (non-hydrogen) atoms. The van der Waals surface area contributed by atoms with E-state index < -0.39 is 0 Å². The number of alkyl halides is 1. The van der Waals surface area contributed by atoms with Crippen LogP contribution >= 0.6 is 11.6 Å². The molecule has 0 radical (unpaired) electrons. The van der Waals surface area contributed by atoms with E-state index in [0.717, 1.165) is 11.1 Å². The van der Waals surface area contributed by atoms with Gasteiger partial charge in [0.2, 0.25) is 0 Å². The number of ketones is 1. The van der Waals surface area contributed by atoms with Gasteiger partial charge in [0.05, 0.1) is 11.4 Å². The van der Waals surface area contributed by atoms with Gasteiger partial charge in [-0.15, -0.1) is 11.6 Å². The Hall–Kier alpha value is -2.78. The number of ether oxygens (including phenoxy) is 2. The van der Waals surface area contributed by atoms with E-state index in [2.05, 4.69) is 0 Å². The Morgan fingerprint density at radius 1 is 0.769 bits per heavy atom. The summed E-state index contributed by atoms with van der Waals surface area (Å²) in [6.07, 6.45) is 0. The number of carbonyl (C=O) groups is 1. The number of benzene rings is 3. The molecule has 3 aromatic rings. The Labute approximate surface area is 158 Å². The molecule has 0 bridgehead atoms. The third kappa shape index (κ3) is 4.87. The molecule has 0 aliphatic heterocycles. The molecule has 0 heterocycles. The molecule has 0 aliphatic carbocycles. The fourth-order valence-corrected chi connectivity index (χ4v) is 2.63. The van der Waals surface area contributed by atoms with E-state index in [0.29, 0.717) is 30.3 Å². The fraction of sp³-hybridized carbons (Fsp3) is 0.136. The third-order valence-corrected chi connectivity index (χ3v) is 4.10. The topological polar surface area (TPSA) is 35.5 Å². The maximum Gasteiger partial charge on any atom is 0.181 e. The smallest absolute Gasteiger partial charge is 0.181 e. The maximum atomic E-state index is 12.2. The second-order valence-corrected chi connectivity index (χ2v) is 6.03. The van der Waals surface area contributed by atoms with Crippen LogP contribution in [0.3, 0.4) is 0 Å². The molecule has 3 nitrogen and oxygen atoms in total. The molecule has 0 saturated heterocycles. The summed E-state index contributed by atoms with van der Waals surface area (Å²) in [5.41, 5.74) is 2.52. The van der Waals surface area contributed by atoms with E-state index >= 15 is 0 Å². The minimum atomic E-state index is -0.195. The first-order chi connectivity index (χ1) is 12.8. The normalized spacial score (nSPS) is 10.3. The van der Waals surface area contributed by atoms with Crippen molar-refractivity contribution >= 4 is 17.4 Å². The first-order valence-corrected chi connectivity index (χ1v) is 8.86. The lowest BCUT2D eigenvalue weighted by molar-refractivity contribution is 0.101. The highest BCUT2D eigenvalue weighted by atomic mass is 35.5. The summed E-state index contributed by atoms with van der Waals surface area (Å²) in [6, 6.07) is 24.9. The Kier molecular flexibility index (Phi) is 6.29. The van der Waals surface area contributed by atoms with Gasteiger partial charge in [0.25, 0.3) is 0 Å². The number of halogens is 1. The predicted octanol–water partition coefficient (Wildman–Crippen LogP) is 5.27. The number of rotatable bonds is 8. The second-order valence-electron chi connectivity index (χ2n) is 5.76. The largest absolute Gasteiger partial charge is 0.489 e. The van der Waals surface area contributed by atoms with E-state index in [-0.39, 0.29) is 11.7 Å². The highest BCUT2D eigenvalue weighted by Gasteiger charge is 2.14. The van der Waals surface area contributed by atoms with Gasteiger partial charge in [0, 0.05) is 0 Å². The highest BCUT2D eigenvalue weighted by molar-refractivity contribution is 6.30. The van der Waals surface area contributed by atoms with Gasteiger partial charge in [-0.1, -0.05) is 60.7 Å². The highest BCUT2D eigenvalue weighted by Crippen LogP contribution is 2.26. The average Bonchev–Trinajstić information content (AvgIpc) is 2.72. The van der Waals surface area contributed by atoms with E-state index in [1.54, 1.807) is 18.2 Å². The van der Waals surface area contributed by atoms with Crippen molar-refractivity contribution in [3.05, 3.63) is 95.6 Å². The molecule has 3 aromatic carbocycles. The van der Waals surface area contributed by atoms with Gasteiger partial charge in [0.15, 0.2) is 5.78 Å². The molecule has 0 fully saturated rings. The van der Waals surface area contributed by atoms with Crippen LogP contribution in [-0.2, 0) is 13.2 Å². The molecule has 0 saturated carbocycles. The molecule has 0 aliphatic rings. The maximum absolute atomic E-state index is 12.2. The second kappa shape index (κ2) is 9.07. The molecule has 0 atom stereocenters. The van der Waals surface area contributed by atoms with Crippen LogP contribution in [0.5, 0.6) is 11.5 Å². The molecular weight excluding hydrogens is 348 g/mol. The van der Waals surface area contributed by atoms with Crippen LogP contribution in [0.4, 0.5) is 0 Å². The van der Waals surface area contributed by atoms with Gasteiger partial charge < -0.3 is 9.47 Å². The summed E-state index contributed by atoms with van der Waals surface area (Å²) in [4.78, 5) is 12.2. The molecule has 3 rings (SSSR count). The predicted molar refractivity (Wildman–Crippen MR) is 103 cm³/mol. The van der Waals surface area contributed by atoms with Crippen molar-refractivity contribution < 1.29 is 14.3 Å². The lowest BCUT2D eigenvalue weighted by Crippen LogP contribution is -2.06. The van der Waals surface area contributed by atoms with Crippen molar-refractivity contribution in [2.75, 3.05) is 5.88 Å². The van der Waals surface area contributed by atoms with Crippen LogP contribution in [0, 0.1) is 0 Å². The molecule has 0 N–H and O–H groups in total. The molecule has 0 aromatic heterocycles. The number of Topliss-reactive ketones (excluding diaryl/α,β-unsaturated/α-hetero) is 1. The van der Waals surface area contributed by atoms with Crippen LogP contribution in [-0.4, -0.2) is 11.7 Å². The Morgan fingerprint density at radius 3 is 1.92 bits per heavy atom. The molecule has 0 unspecified atom stereocenters. The van der Waals surface area contributed by atoms with Crippen LogP contribution in [0.25, 0.3) is 0 Å². The summed E-state index contributed by atoms with van der Waals surface area (Å²) in [5.74, 6) is 0.810. The van der Waals surface area contributed by atoms with Gasteiger partial charge in [-0.25, -0.2) is 0 Å². The zero-order valence-electron chi connectivity index (χ0n) is 14.2.